The van der Waals surface area contributed by atoms with Gasteiger partial charge in [0, 0.05) is 24.2 Å². The Labute approximate surface area is 127 Å². The number of hydrogen-bond donors (Lipinski definition) is 1. The molecule has 0 saturated carbocycles. The van der Waals surface area contributed by atoms with Gasteiger partial charge >= 0.3 is 0 Å². The monoisotopic (exact) mass is 286 g/mol. The van der Waals surface area contributed by atoms with Gasteiger partial charge in [0.15, 0.2) is 0 Å². The normalized spacial score (nSPS) is 26.1. The van der Waals surface area contributed by atoms with E-state index in [0.717, 1.165) is 42.6 Å². The lowest BCUT2D eigenvalue weighted by atomic mass is 9.93. The zero-order valence-electron chi connectivity index (χ0n) is 13.2. The van der Waals surface area contributed by atoms with Gasteiger partial charge in [-0.3, -0.25) is 4.79 Å². The first-order valence-corrected chi connectivity index (χ1v) is 8.28. The smallest absolute Gasteiger partial charge is 0.254 e. The molecular formula is C18H26N2O. The van der Waals surface area contributed by atoms with Crippen molar-refractivity contribution >= 4 is 5.91 Å². The van der Waals surface area contributed by atoms with Crippen molar-refractivity contribution in [3.8, 4) is 0 Å². The van der Waals surface area contributed by atoms with Crippen LogP contribution in [-0.2, 0) is 0 Å². The molecule has 2 unspecified atom stereocenters. The molecule has 0 spiro atoms. The number of hydrogen-bond acceptors (Lipinski definition) is 2. The van der Waals surface area contributed by atoms with E-state index in [1.807, 2.05) is 13.0 Å². The third-order valence-corrected chi connectivity index (χ3v) is 5.00. The zero-order chi connectivity index (χ0) is 14.8. The second kappa shape index (κ2) is 6.18. The maximum atomic E-state index is 13.0. The fourth-order valence-electron chi connectivity index (χ4n) is 3.79. The fraction of sp³-hybridized carbons (Fsp3) is 0.611. The van der Waals surface area contributed by atoms with Crippen LogP contribution >= 0.6 is 0 Å². The first-order chi connectivity index (χ1) is 10.2. The Morgan fingerprint density at radius 3 is 2.81 bits per heavy atom. The van der Waals surface area contributed by atoms with Crippen LogP contribution in [0.3, 0.4) is 0 Å². The third kappa shape index (κ3) is 2.98. The SMILES string of the molecule is Cc1ccc(C)c(C(=O)N2CCCCC2C2CCCN2)c1. The molecule has 2 fully saturated rings. The van der Waals surface area contributed by atoms with Crippen LogP contribution in [0.5, 0.6) is 0 Å². The molecule has 0 radical (unpaired) electrons. The largest absolute Gasteiger partial charge is 0.334 e. The molecule has 2 aliphatic heterocycles. The highest BCUT2D eigenvalue weighted by Crippen LogP contribution is 2.26. The molecule has 114 valence electrons. The van der Waals surface area contributed by atoms with Crippen LogP contribution in [-0.4, -0.2) is 36.0 Å². The van der Waals surface area contributed by atoms with Crippen LogP contribution < -0.4 is 5.32 Å². The molecular weight excluding hydrogens is 260 g/mol. The Kier molecular flexibility index (Phi) is 4.29. The number of aryl methyl sites for hydroxylation is 2. The van der Waals surface area contributed by atoms with Crippen molar-refractivity contribution in [1.82, 2.24) is 10.2 Å². The maximum absolute atomic E-state index is 13.0. The van der Waals surface area contributed by atoms with Crippen LogP contribution in [0.15, 0.2) is 18.2 Å². The van der Waals surface area contributed by atoms with Gasteiger partial charge in [0.25, 0.3) is 5.91 Å². The van der Waals surface area contributed by atoms with Crippen LogP contribution in [0.2, 0.25) is 0 Å². The lowest BCUT2D eigenvalue weighted by molar-refractivity contribution is 0.0563. The molecule has 3 heteroatoms. The zero-order valence-corrected chi connectivity index (χ0v) is 13.2. The van der Waals surface area contributed by atoms with E-state index in [4.69, 9.17) is 0 Å². The fourth-order valence-corrected chi connectivity index (χ4v) is 3.79. The molecule has 1 aromatic rings. The van der Waals surface area contributed by atoms with Crippen LogP contribution in [0, 0.1) is 13.8 Å². The molecule has 1 amide bonds. The average Bonchev–Trinajstić information content (AvgIpc) is 3.03. The van der Waals surface area contributed by atoms with Gasteiger partial charge in [-0.15, -0.1) is 0 Å². The van der Waals surface area contributed by atoms with Crippen molar-refractivity contribution in [2.75, 3.05) is 13.1 Å². The van der Waals surface area contributed by atoms with Gasteiger partial charge in [-0.1, -0.05) is 17.7 Å². The van der Waals surface area contributed by atoms with Crippen molar-refractivity contribution in [2.24, 2.45) is 0 Å². The minimum atomic E-state index is 0.231. The Morgan fingerprint density at radius 2 is 2.05 bits per heavy atom. The second-order valence-electron chi connectivity index (χ2n) is 6.58. The lowest BCUT2D eigenvalue weighted by Crippen LogP contribution is -2.52. The van der Waals surface area contributed by atoms with E-state index in [-0.39, 0.29) is 5.91 Å². The van der Waals surface area contributed by atoms with Gasteiger partial charge in [-0.25, -0.2) is 0 Å². The van der Waals surface area contributed by atoms with E-state index in [1.54, 1.807) is 0 Å². The molecule has 0 aliphatic carbocycles. The Balaban J connectivity index is 1.85. The minimum Gasteiger partial charge on any atom is -0.334 e. The molecule has 1 N–H and O–H groups in total. The summed E-state index contributed by atoms with van der Waals surface area (Å²) >= 11 is 0. The van der Waals surface area contributed by atoms with Gasteiger partial charge in [0.2, 0.25) is 0 Å². The first kappa shape index (κ1) is 14.6. The van der Waals surface area contributed by atoms with E-state index in [2.05, 4.69) is 29.3 Å². The van der Waals surface area contributed by atoms with Crippen molar-refractivity contribution in [2.45, 2.75) is 58.0 Å². The highest BCUT2D eigenvalue weighted by Gasteiger charge is 2.34. The van der Waals surface area contributed by atoms with Gasteiger partial charge in [-0.05, 0) is 64.1 Å². The number of likely N-dealkylation sites (tertiary alicyclic amines) is 1. The number of amides is 1. The van der Waals surface area contributed by atoms with Crippen molar-refractivity contribution in [3.05, 3.63) is 34.9 Å². The highest BCUT2D eigenvalue weighted by molar-refractivity contribution is 5.96. The number of nitrogens with one attached hydrogen (secondary N) is 1. The highest BCUT2D eigenvalue weighted by atomic mass is 16.2. The van der Waals surface area contributed by atoms with Gasteiger partial charge in [0.05, 0.1) is 0 Å². The summed E-state index contributed by atoms with van der Waals surface area (Å²) in [6.45, 7) is 6.11. The van der Waals surface area contributed by atoms with Gasteiger partial charge < -0.3 is 10.2 Å². The summed E-state index contributed by atoms with van der Waals surface area (Å²) in [5.41, 5.74) is 3.14. The number of benzene rings is 1. The molecule has 0 aromatic heterocycles. The van der Waals surface area contributed by atoms with Crippen LogP contribution in [0.4, 0.5) is 0 Å². The van der Waals surface area contributed by atoms with E-state index in [0.29, 0.717) is 12.1 Å². The van der Waals surface area contributed by atoms with Crippen molar-refractivity contribution < 1.29 is 4.79 Å². The quantitative estimate of drug-likeness (QED) is 0.906. The molecule has 2 atom stereocenters. The summed E-state index contributed by atoms with van der Waals surface area (Å²) in [5.74, 6) is 0.231. The Hall–Kier alpha value is -1.35. The number of carbonyl (C=O) groups excluding carboxylic acids is 1. The molecule has 3 rings (SSSR count). The van der Waals surface area contributed by atoms with E-state index in [1.165, 1.54) is 19.3 Å². The second-order valence-corrected chi connectivity index (χ2v) is 6.58. The number of piperidine rings is 1. The summed E-state index contributed by atoms with van der Waals surface area (Å²) in [4.78, 5) is 15.2. The standard InChI is InChI=1S/C18H26N2O/c1-13-8-9-14(2)15(12-13)18(21)20-11-4-3-7-17(20)16-6-5-10-19-16/h8-9,12,16-17,19H,3-7,10-11H2,1-2H3. The van der Waals surface area contributed by atoms with E-state index < -0.39 is 0 Å². The summed E-state index contributed by atoms with van der Waals surface area (Å²) in [6.07, 6.45) is 5.99. The molecule has 1 aromatic carbocycles. The molecule has 21 heavy (non-hydrogen) atoms. The van der Waals surface area contributed by atoms with Crippen LogP contribution in [0.25, 0.3) is 0 Å². The Bertz CT molecular complexity index is 520. The molecule has 0 bridgehead atoms. The summed E-state index contributed by atoms with van der Waals surface area (Å²) in [5, 5.41) is 3.59. The lowest BCUT2D eigenvalue weighted by Gasteiger charge is -2.39. The van der Waals surface area contributed by atoms with Crippen molar-refractivity contribution in [1.29, 1.82) is 0 Å². The van der Waals surface area contributed by atoms with E-state index >= 15 is 0 Å². The number of rotatable bonds is 2. The Morgan fingerprint density at radius 1 is 1.19 bits per heavy atom. The third-order valence-electron chi connectivity index (χ3n) is 5.00. The summed E-state index contributed by atoms with van der Waals surface area (Å²) in [7, 11) is 0. The van der Waals surface area contributed by atoms with Crippen LogP contribution in [0.1, 0.15) is 53.6 Å². The summed E-state index contributed by atoms with van der Waals surface area (Å²) in [6, 6.07) is 7.08. The number of carbonyl (C=O) groups is 1. The van der Waals surface area contributed by atoms with E-state index in [9.17, 15) is 4.79 Å². The predicted molar refractivity (Wildman–Crippen MR) is 85.6 cm³/mol. The maximum Gasteiger partial charge on any atom is 0.254 e. The van der Waals surface area contributed by atoms with Crippen molar-refractivity contribution in [3.63, 3.8) is 0 Å². The predicted octanol–water partition coefficient (Wildman–Crippen LogP) is 3.05. The molecule has 2 aliphatic rings. The molecule has 3 nitrogen and oxygen atoms in total. The average molecular weight is 286 g/mol. The van der Waals surface area contributed by atoms with Gasteiger partial charge in [-0.2, -0.15) is 0 Å². The topological polar surface area (TPSA) is 32.3 Å². The minimum absolute atomic E-state index is 0.231. The van der Waals surface area contributed by atoms with Gasteiger partial charge in [0.1, 0.15) is 0 Å². The summed E-state index contributed by atoms with van der Waals surface area (Å²) < 4.78 is 0. The first-order valence-electron chi connectivity index (χ1n) is 8.28. The molecule has 2 heterocycles. The molecule has 2 saturated heterocycles. The number of nitrogens with zero attached hydrogens (tertiary/aromatic N) is 1.